The van der Waals surface area contributed by atoms with E-state index >= 15 is 0 Å². The quantitative estimate of drug-likeness (QED) is 0.301. The zero-order valence-corrected chi connectivity index (χ0v) is 16.0. The number of hydrogen-bond donors (Lipinski definition) is 1. The topological polar surface area (TPSA) is 57.2 Å². The average molecular weight is 341 g/mol. The number of esters is 1. The van der Waals surface area contributed by atoms with Crippen LogP contribution in [0.1, 0.15) is 46.0 Å². The molecule has 1 aliphatic heterocycles. The maximum atomic E-state index is 11.6. The molecular formula is C18H36N4O2. The van der Waals surface area contributed by atoms with Gasteiger partial charge in [-0.3, -0.25) is 9.79 Å². The van der Waals surface area contributed by atoms with Crippen molar-refractivity contribution in [2.24, 2.45) is 10.9 Å². The molecule has 0 aromatic rings. The molecule has 0 aromatic carbocycles. The maximum Gasteiger partial charge on any atom is 0.308 e. The molecular weight excluding hydrogens is 304 g/mol. The summed E-state index contributed by atoms with van der Waals surface area (Å²) in [5.41, 5.74) is 0. The summed E-state index contributed by atoms with van der Waals surface area (Å²) in [5, 5.41) is 3.47. The van der Waals surface area contributed by atoms with Crippen LogP contribution in [0.4, 0.5) is 0 Å². The number of hydrogen-bond acceptors (Lipinski definition) is 4. The van der Waals surface area contributed by atoms with Crippen LogP contribution in [0.5, 0.6) is 0 Å². The van der Waals surface area contributed by atoms with E-state index in [1.54, 1.807) is 0 Å². The lowest BCUT2D eigenvalue weighted by molar-refractivity contribution is -0.146. The molecule has 0 radical (unpaired) electrons. The van der Waals surface area contributed by atoms with E-state index < -0.39 is 0 Å². The number of piperidine rings is 1. The molecule has 0 spiro atoms. The third-order valence-electron chi connectivity index (χ3n) is 4.55. The number of nitrogens with one attached hydrogen (secondary N) is 1. The number of nitrogens with zero attached hydrogens (tertiary/aromatic N) is 3. The molecule has 140 valence electrons. The van der Waals surface area contributed by atoms with Gasteiger partial charge in [0.25, 0.3) is 0 Å². The first kappa shape index (κ1) is 20.7. The summed E-state index contributed by atoms with van der Waals surface area (Å²) in [6.07, 6.45) is 5.23. The molecule has 6 heteroatoms. The third-order valence-corrected chi connectivity index (χ3v) is 4.55. The summed E-state index contributed by atoms with van der Waals surface area (Å²) in [6.45, 7) is 10.6. The molecule has 0 saturated carbocycles. The Morgan fingerprint density at radius 1 is 1.21 bits per heavy atom. The Morgan fingerprint density at radius 3 is 2.33 bits per heavy atom. The number of guanidine groups is 1. The summed E-state index contributed by atoms with van der Waals surface area (Å²) in [5.74, 6) is 0.918. The molecule has 24 heavy (non-hydrogen) atoms. The predicted molar refractivity (Wildman–Crippen MR) is 99.3 cm³/mol. The minimum absolute atomic E-state index is 0.0426. The van der Waals surface area contributed by atoms with Gasteiger partial charge in [-0.2, -0.15) is 0 Å². The van der Waals surface area contributed by atoms with Crippen LogP contribution in [-0.4, -0.2) is 75.2 Å². The highest BCUT2D eigenvalue weighted by Gasteiger charge is 2.26. The number of rotatable bonds is 9. The minimum Gasteiger partial charge on any atom is -0.469 e. The fraction of sp³-hybridized carbons (Fsp3) is 0.889. The van der Waals surface area contributed by atoms with E-state index in [1.165, 1.54) is 33.0 Å². The van der Waals surface area contributed by atoms with Crippen molar-refractivity contribution in [1.29, 1.82) is 0 Å². The van der Waals surface area contributed by atoms with Crippen molar-refractivity contribution in [3.8, 4) is 0 Å². The van der Waals surface area contributed by atoms with E-state index in [0.717, 1.165) is 51.4 Å². The van der Waals surface area contributed by atoms with Gasteiger partial charge in [0.05, 0.1) is 13.0 Å². The van der Waals surface area contributed by atoms with Crippen LogP contribution in [-0.2, 0) is 9.53 Å². The Balaban J connectivity index is 2.29. The summed E-state index contributed by atoms with van der Waals surface area (Å²) in [7, 11) is 3.30. The number of ether oxygens (including phenoxy) is 1. The van der Waals surface area contributed by atoms with Crippen LogP contribution >= 0.6 is 0 Å². The molecule has 0 aromatic heterocycles. The number of carbonyl (C=O) groups excluding carboxylic acids is 1. The van der Waals surface area contributed by atoms with Gasteiger partial charge in [0.1, 0.15) is 0 Å². The second-order valence-corrected chi connectivity index (χ2v) is 6.45. The minimum atomic E-state index is -0.0791. The van der Waals surface area contributed by atoms with Gasteiger partial charge in [-0.15, -0.1) is 0 Å². The van der Waals surface area contributed by atoms with Gasteiger partial charge in [0.2, 0.25) is 0 Å². The molecule has 0 atom stereocenters. The van der Waals surface area contributed by atoms with Crippen LogP contribution in [0.3, 0.4) is 0 Å². The molecule has 0 aliphatic carbocycles. The molecule has 0 unspecified atom stereocenters. The zero-order chi connectivity index (χ0) is 17.8. The second-order valence-electron chi connectivity index (χ2n) is 6.45. The molecule has 1 rings (SSSR count). The van der Waals surface area contributed by atoms with Crippen LogP contribution in [0.15, 0.2) is 4.99 Å². The van der Waals surface area contributed by atoms with E-state index in [4.69, 9.17) is 4.74 Å². The first-order valence-electron chi connectivity index (χ1n) is 9.42. The Bertz CT molecular complexity index is 373. The second kappa shape index (κ2) is 12.1. The van der Waals surface area contributed by atoms with Gasteiger partial charge in [-0.05, 0) is 51.7 Å². The largest absolute Gasteiger partial charge is 0.469 e. The Labute approximate surface area is 147 Å². The van der Waals surface area contributed by atoms with Gasteiger partial charge in [-0.1, -0.05) is 13.8 Å². The van der Waals surface area contributed by atoms with E-state index in [2.05, 4.69) is 34.0 Å². The zero-order valence-electron chi connectivity index (χ0n) is 16.0. The number of carbonyl (C=O) groups is 1. The van der Waals surface area contributed by atoms with Crippen molar-refractivity contribution < 1.29 is 9.53 Å². The predicted octanol–water partition coefficient (Wildman–Crippen LogP) is 1.96. The Hall–Kier alpha value is -1.30. The van der Waals surface area contributed by atoms with Crippen molar-refractivity contribution in [3.05, 3.63) is 0 Å². The summed E-state index contributed by atoms with van der Waals surface area (Å²) in [6, 6.07) is 0. The van der Waals surface area contributed by atoms with E-state index in [-0.39, 0.29) is 11.9 Å². The summed E-state index contributed by atoms with van der Waals surface area (Å²) >= 11 is 0. The Morgan fingerprint density at radius 2 is 1.83 bits per heavy atom. The lowest BCUT2D eigenvalue weighted by Crippen LogP contribution is -2.47. The lowest BCUT2D eigenvalue weighted by Gasteiger charge is -2.33. The van der Waals surface area contributed by atoms with E-state index in [9.17, 15) is 4.79 Å². The molecule has 1 N–H and O–H groups in total. The van der Waals surface area contributed by atoms with Crippen LogP contribution < -0.4 is 5.32 Å². The standard InChI is InChI=1S/C18H36N4O2/c1-5-11-21(12-6-2)13-7-10-20-18(19-3)22-14-8-16(9-15-22)17(23)24-4/h16H,5-15H2,1-4H3,(H,19,20). The normalized spacial score (nSPS) is 16.5. The monoisotopic (exact) mass is 340 g/mol. The van der Waals surface area contributed by atoms with Crippen molar-refractivity contribution >= 4 is 11.9 Å². The molecule has 1 heterocycles. The molecule has 1 fully saturated rings. The van der Waals surface area contributed by atoms with Gasteiger partial charge in [-0.25, -0.2) is 0 Å². The Kier molecular flexibility index (Phi) is 10.5. The molecule has 1 saturated heterocycles. The number of methoxy groups -OCH3 is 1. The lowest BCUT2D eigenvalue weighted by atomic mass is 9.97. The highest BCUT2D eigenvalue weighted by atomic mass is 16.5. The van der Waals surface area contributed by atoms with Crippen LogP contribution in [0, 0.1) is 5.92 Å². The number of likely N-dealkylation sites (tertiary alicyclic amines) is 1. The molecule has 1 aliphatic rings. The summed E-state index contributed by atoms with van der Waals surface area (Å²) < 4.78 is 4.85. The highest BCUT2D eigenvalue weighted by Crippen LogP contribution is 2.18. The van der Waals surface area contributed by atoms with Crippen molar-refractivity contribution in [3.63, 3.8) is 0 Å². The van der Waals surface area contributed by atoms with Gasteiger partial charge in [0.15, 0.2) is 5.96 Å². The SMILES string of the molecule is CCCN(CCC)CCCNC(=NC)N1CCC(C(=O)OC)CC1. The van der Waals surface area contributed by atoms with Gasteiger partial charge >= 0.3 is 5.97 Å². The van der Waals surface area contributed by atoms with Crippen molar-refractivity contribution in [2.45, 2.75) is 46.0 Å². The molecule has 0 bridgehead atoms. The van der Waals surface area contributed by atoms with Crippen molar-refractivity contribution in [2.75, 3.05) is 53.4 Å². The molecule has 0 amide bonds. The fourth-order valence-electron chi connectivity index (χ4n) is 3.30. The highest BCUT2D eigenvalue weighted by molar-refractivity contribution is 5.80. The first-order valence-corrected chi connectivity index (χ1v) is 9.42. The maximum absolute atomic E-state index is 11.6. The van der Waals surface area contributed by atoms with E-state index in [0.29, 0.717) is 0 Å². The fourth-order valence-corrected chi connectivity index (χ4v) is 3.30. The summed E-state index contributed by atoms with van der Waals surface area (Å²) in [4.78, 5) is 20.8. The van der Waals surface area contributed by atoms with Crippen LogP contribution in [0.2, 0.25) is 0 Å². The first-order chi connectivity index (χ1) is 11.7. The number of aliphatic imine (C=N–C) groups is 1. The van der Waals surface area contributed by atoms with Gasteiger partial charge < -0.3 is 19.9 Å². The molecule has 6 nitrogen and oxygen atoms in total. The smallest absolute Gasteiger partial charge is 0.308 e. The third kappa shape index (κ3) is 7.07. The van der Waals surface area contributed by atoms with Gasteiger partial charge in [0, 0.05) is 26.7 Å². The average Bonchev–Trinajstić information content (AvgIpc) is 2.61. The van der Waals surface area contributed by atoms with Crippen molar-refractivity contribution in [1.82, 2.24) is 15.1 Å². The van der Waals surface area contributed by atoms with Crippen LogP contribution in [0.25, 0.3) is 0 Å². The van der Waals surface area contributed by atoms with E-state index in [1.807, 2.05) is 7.05 Å².